The fourth-order valence-electron chi connectivity index (χ4n) is 1.66. The third kappa shape index (κ3) is 9.17. The molecular formula is C21H33NO3. The van der Waals surface area contributed by atoms with Gasteiger partial charge >= 0.3 is 5.97 Å². The van der Waals surface area contributed by atoms with Crippen LogP contribution in [0.25, 0.3) is 11.1 Å². The van der Waals surface area contributed by atoms with Gasteiger partial charge in [-0.25, -0.2) is 0 Å². The number of benzene rings is 2. The van der Waals surface area contributed by atoms with Crippen molar-refractivity contribution in [2.75, 3.05) is 6.79 Å². The third-order valence-corrected chi connectivity index (χ3v) is 2.69. The van der Waals surface area contributed by atoms with Gasteiger partial charge in [-0.15, -0.1) is 0 Å². The first kappa shape index (κ1) is 30.1. The molecule has 0 aromatic heterocycles. The molecule has 25 heavy (non-hydrogen) atoms. The molecule has 4 nitrogen and oxygen atoms in total. The first-order valence-corrected chi connectivity index (χ1v) is 6.06. The zero-order valence-corrected chi connectivity index (χ0v) is 11.0. The smallest absolute Gasteiger partial charge is 0.305 e. The summed E-state index contributed by atoms with van der Waals surface area (Å²) < 4.78 is 9.95. The normalized spacial score (nSPS) is 7.68. The SMILES string of the molecule is C.C.C.C.C.CC(=O)OCOc1ccc(-c2ccc(C#N)cc2)cc1. The molecule has 0 aliphatic carbocycles. The number of ether oxygens (including phenoxy) is 2. The van der Waals surface area contributed by atoms with E-state index in [1.54, 1.807) is 24.3 Å². The maximum Gasteiger partial charge on any atom is 0.305 e. The largest absolute Gasteiger partial charge is 0.457 e. The maximum atomic E-state index is 10.6. The Morgan fingerprint density at radius 2 is 1.32 bits per heavy atom. The van der Waals surface area contributed by atoms with Crippen molar-refractivity contribution >= 4 is 5.97 Å². The van der Waals surface area contributed by atoms with E-state index < -0.39 is 0 Å². The minimum absolute atomic E-state index is 0. The summed E-state index contributed by atoms with van der Waals surface area (Å²) in [5.74, 6) is 0.253. The molecule has 0 saturated carbocycles. The lowest BCUT2D eigenvalue weighted by Gasteiger charge is -2.07. The molecule has 0 fully saturated rings. The third-order valence-electron chi connectivity index (χ3n) is 2.69. The summed E-state index contributed by atoms with van der Waals surface area (Å²) in [4.78, 5) is 10.6. The lowest BCUT2D eigenvalue weighted by molar-refractivity contribution is -0.147. The van der Waals surface area contributed by atoms with E-state index in [1.807, 2.05) is 24.3 Å². The molecule has 0 spiro atoms. The van der Waals surface area contributed by atoms with Crippen molar-refractivity contribution in [3.63, 3.8) is 0 Å². The minimum atomic E-state index is -0.376. The minimum Gasteiger partial charge on any atom is -0.457 e. The van der Waals surface area contributed by atoms with Gasteiger partial charge in [0.05, 0.1) is 11.6 Å². The molecule has 2 aromatic carbocycles. The number of carbonyl (C=O) groups is 1. The average Bonchev–Trinajstić information content (AvgIpc) is 2.48. The highest BCUT2D eigenvalue weighted by molar-refractivity contribution is 5.66. The maximum absolute atomic E-state index is 10.6. The summed E-state index contributed by atoms with van der Waals surface area (Å²) in [7, 11) is 0. The average molecular weight is 347 g/mol. The van der Waals surface area contributed by atoms with Crippen LogP contribution in [0, 0.1) is 11.3 Å². The number of hydrogen-bond donors (Lipinski definition) is 0. The fraction of sp³-hybridized carbons (Fsp3) is 0.333. The summed E-state index contributed by atoms with van der Waals surface area (Å²) in [6.45, 7) is 1.24. The Morgan fingerprint density at radius 3 is 1.72 bits per heavy atom. The Bertz CT molecular complexity index is 626. The van der Waals surface area contributed by atoms with Crippen molar-refractivity contribution in [3.05, 3.63) is 54.1 Å². The van der Waals surface area contributed by atoms with Crippen LogP contribution in [0.4, 0.5) is 0 Å². The van der Waals surface area contributed by atoms with Crippen LogP contribution >= 0.6 is 0 Å². The Labute approximate surface area is 154 Å². The first-order chi connectivity index (χ1) is 9.69. The number of nitriles is 1. The Hall–Kier alpha value is -2.80. The number of nitrogens with zero attached hydrogens (tertiary/aromatic N) is 1. The van der Waals surface area contributed by atoms with Crippen LogP contribution in [0.5, 0.6) is 5.75 Å². The molecule has 140 valence electrons. The summed E-state index contributed by atoms with van der Waals surface area (Å²) in [6, 6.07) is 16.9. The molecule has 4 heteroatoms. The first-order valence-electron chi connectivity index (χ1n) is 6.06. The highest BCUT2D eigenvalue weighted by atomic mass is 16.7. The van der Waals surface area contributed by atoms with Crippen LogP contribution in [-0.4, -0.2) is 12.8 Å². The van der Waals surface area contributed by atoms with Crippen LogP contribution in [0.3, 0.4) is 0 Å². The molecule has 0 atom stereocenters. The molecule has 0 heterocycles. The van der Waals surface area contributed by atoms with E-state index in [4.69, 9.17) is 14.7 Å². The van der Waals surface area contributed by atoms with Gasteiger partial charge in [0.25, 0.3) is 0 Å². The molecule has 0 bridgehead atoms. The predicted molar refractivity (Wildman–Crippen MR) is 108 cm³/mol. The van der Waals surface area contributed by atoms with E-state index in [1.165, 1.54) is 6.92 Å². The van der Waals surface area contributed by atoms with Gasteiger partial charge in [0.1, 0.15) is 5.75 Å². The fourth-order valence-corrected chi connectivity index (χ4v) is 1.66. The van der Waals surface area contributed by atoms with Gasteiger partial charge in [-0.1, -0.05) is 61.4 Å². The molecule has 0 saturated heterocycles. The van der Waals surface area contributed by atoms with Gasteiger partial charge in [-0.2, -0.15) is 5.26 Å². The van der Waals surface area contributed by atoms with Crippen LogP contribution < -0.4 is 4.74 Å². The molecule has 0 aliphatic heterocycles. The predicted octanol–water partition coefficient (Wildman–Crippen LogP) is 6.31. The van der Waals surface area contributed by atoms with E-state index in [0.29, 0.717) is 11.3 Å². The summed E-state index contributed by atoms with van der Waals surface area (Å²) in [5, 5.41) is 8.75. The highest BCUT2D eigenvalue weighted by Crippen LogP contribution is 2.22. The van der Waals surface area contributed by atoms with Crippen molar-refractivity contribution < 1.29 is 14.3 Å². The van der Waals surface area contributed by atoms with Crippen LogP contribution in [0.15, 0.2) is 48.5 Å². The summed E-state index contributed by atoms with van der Waals surface area (Å²) in [5.41, 5.74) is 2.68. The van der Waals surface area contributed by atoms with E-state index in [-0.39, 0.29) is 49.9 Å². The van der Waals surface area contributed by atoms with Crippen molar-refractivity contribution in [2.45, 2.75) is 44.1 Å². The molecule has 0 aliphatic rings. The second-order valence-electron chi connectivity index (χ2n) is 4.11. The van der Waals surface area contributed by atoms with E-state index in [2.05, 4.69) is 6.07 Å². The van der Waals surface area contributed by atoms with Gasteiger partial charge in [-0.3, -0.25) is 4.79 Å². The van der Waals surface area contributed by atoms with Crippen molar-refractivity contribution in [1.82, 2.24) is 0 Å². The zero-order valence-electron chi connectivity index (χ0n) is 11.0. The van der Waals surface area contributed by atoms with Gasteiger partial charge < -0.3 is 9.47 Å². The van der Waals surface area contributed by atoms with Crippen LogP contribution in [0.2, 0.25) is 0 Å². The van der Waals surface area contributed by atoms with Crippen molar-refractivity contribution in [3.8, 4) is 22.9 Å². The molecule has 0 radical (unpaired) electrons. The quantitative estimate of drug-likeness (QED) is 0.480. The molecule has 2 rings (SSSR count). The lowest BCUT2D eigenvalue weighted by atomic mass is 10.0. The van der Waals surface area contributed by atoms with Gasteiger partial charge in [0, 0.05) is 6.92 Å². The monoisotopic (exact) mass is 347 g/mol. The summed E-state index contributed by atoms with van der Waals surface area (Å²) in [6.07, 6.45) is 0. The standard InChI is InChI=1S/C16H13NO3.5CH4/c1-12(18)19-11-20-16-8-6-15(7-9-16)14-4-2-13(10-17)3-5-14;;;;;/h2-9H,11H2,1H3;5*1H4. The van der Waals surface area contributed by atoms with E-state index in [9.17, 15) is 4.79 Å². The van der Waals surface area contributed by atoms with Crippen LogP contribution in [-0.2, 0) is 9.53 Å². The Balaban J connectivity index is -0.000000441. The van der Waals surface area contributed by atoms with E-state index >= 15 is 0 Å². The molecule has 0 N–H and O–H groups in total. The van der Waals surface area contributed by atoms with Gasteiger partial charge in [0.2, 0.25) is 6.79 Å². The van der Waals surface area contributed by atoms with Gasteiger partial charge in [-0.05, 0) is 35.4 Å². The number of hydrogen-bond acceptors (Lipinski definition) is 4. The zero-order chi connectivity index (χ0) is 14.4. The second-order valence-corrected chi connectivity index (χ2v) is 4.11. The second kappa shape index (κ2) is 14.8. The Kier molecular flexibility index (Phi) is 17.8. The molecular weight excluding hydrogens is 314 g/mol. The number of carbonyl (C=O) groups excluding carboxylic acids is 1. The Morgan fingerprint density at radius 1 is 0.880 bits per heavy atom. The molecule has 2 aromatic rings. The molecule has 0 amide bonds. The molecule has 0 unspecified atom stereocenters. The number of esters is 1. The number of rotatable bonds is 4. The van der Waals surface area contributed by atoms with Gasteiger partial charge in [0.15, 0.2) is 0 Å². The van der Waals surface area contributed by atoms with Crippen molar-refractivity contribution in [1.29, 1.82) is 5.26 Å². The summed E-state index contributed by atoms with van der Waals surface area (Å²) >= 11 is 0. The lowest BCUT2D eigenvalue weighted by Crippen LogP contribution is -2.06. The topological polar surface area (TPSA) is 59.3 Å². The highest BCUT2D eigenvalue weighted by Gasteiger charge is 2.00. The van der Waals surface area contributed by atoms with E-state index in [0.717, 1.165) is 11.1 Å². The van der Waals surface area contributed by atoms with Crippen LogP contribution in [0.1, 0.15) is 49.6 Å². The van der Waals surface area contributed by atoms with Crippen molar-refractivity contribution in [2.24, 2.45) is 0 Å².